The number of rotatable bonds is 8. The third kappa shape index (κ3) is 11.7. The lowest BCUT2D eigenvalue weighted by Crippen LogP contribution is -3.00. The van der Waals surface area contributed by atoms with Gasteiger partial charge in [-0.3, -0.25) is 4.57 Å². The Bertz CT molecular complexity index is 283. The normalized spacial score (nSPS) is 15.9. The molecule has 112 valence electrons. The number of nitrogens with zero attached hydrogens (tertiary/aromatic N) is 1. The van der Waals surface area contributed by atoms with Crippen molar-refractivity contribution in [3.63, 3.8) is 0 Å². The molecule has 0 rings (SSSR count). The molecule has 1 unspecified atom stereocenters. The van der Waals surface area contributed by atoms with Crippen molar-refractivity contribution in [2.24, 2.45) is 0 Å². The van der Waals surface area contributed by atoms with Gasteiger partial charge in [0.2, 0.25) is 0 Å². The lowest BCUT2D eigenvalue weighted by Gasteiger charge is -2.25. The summed E-state index contributed by atoms with van der Waals surface area (Å²) >= 11 is 5.52. The quantitative estimate of drug-likeness (QED) is 0.335. The van der Waals surface area contributed by atoms with E-state index in [1.165, 1.54) is 0 Å². The summed E-state index contributed by atoms with van der Waals surface area (Å²) in [6, 6.07) is 0. The van der Waals surface area contributed by atoms with Crippen LogP contribution in [0.4, 0.5) is 0 Å². The van der Waals surface area contributed by atoms with Gasteiger partial charge in [-0.05, 0) is 32.0 Å². The molecule has 1 atom stereocenters. The molecule has 0 saturated carbocycles. The van der Waals surface area contributed by atoms with Crippen molar-refractivity contribution >= 4 is 19.4 Å². The van der Waals surface area contributed by atoms with Crippen LogP contribution >= 0.6 is 19.4 Å². The highest BCUT2D eigenvalue weighted by atomic mass is 35.5. The predicted molar refractivity (Wildman–Crippen MR) is 71.2 cm³/mol. The summed E-state index contributed by atoms with van der Waals surface area (Å²) in [5, 5.41) is 0. The molecule has 0 aliphatic heterocycles. The third-order valence-corrected chi connectivity index (χ3v) is 4.22. The summed E-state index contributed by atoms with van der Waals surface area (Å²) in [5.74, 6) is 0. The predicted octanol–water partition coefficient (Wildman–Crippen LogP) is -1.19. The van der Waals surface area contributed by atoms with E-state index in [9.17, 15) is 9.46 Å². The van der Waals surface area contributed by atoms with Crippen molar-refractivity contribution in [1.82, 2.24) is 4.84 Å². The van der Waals surface area contributed by atoms with Gasteiger partial charge in [-0.1, -0.05) is 0 Å². The molecule has 0 aromatic rings. The SMILES string of the molecule is CC(C)(CCP(=O)(O)OCC[N+](C)(C)C)NCl.[Cl-]. The molecular weight excluding hydrogens is 298 g/mol. The van der Waals surface area contributed by atoms with Crippen molar-refractivity contribution in [1.29, 1.82) is 0 Å². The molecule has 0 aliphatic carbocycles. The van der Waals surface area contributed by atoms with E-state index in [0.717, 1.165) is 0 Å². The maximum Gasteiger partial charge on any atom is 0.328 e. The largest absolute Gasteiger partial charge is 1.00 e. The Kier molecular flexibility index (Phi) is 9.38. The number of nitrogens with one attached hydrogen (secondary N) is 1. The minimum atomic E-state index is -3.50. The van der Waals surface area contributed by atoms with Gasteiger partial charge in [0, 0.05) is 5.54 Å². The monoisotopic (exact) mass is 322 g/mol. The summed E-state index contributed by atoms with van der Waals surface area (Å²) in [6.07, 6.45) is 0.589. The van der Waals surface area contributed by atoms with Crippen LogP contribution in [-0.4, -0.2) is 55.4 Å². The molecule has 0 heterocycles. The first kappa shape index (κ1) is 21.0. The van der Waals surface area contributed by atoms with Gasteiger partial charge in [0.05, 0.1) is 27.3 Å². The van der Waals surface area contributed by atoms with Crippen LogP contribution in [0.25, 0.3) is 0 Å². The van der Waals surface area contributed by atoms with Crippen LogP contribution in [0.15, 0.2) is 0 Å². The molecule has 18 heavy (non-hydrogen) atoms. The van der Waals surface area contributed by atoms with E-state index < -0.39 is 7.60 Å². The van der Waals surface area contributed by atoms with Gasteiger partial charge in [0.1, 0.15) is 13.2 Å². The fourth-order valence-electron chi connectivity index (χ4n) is 0.990. The van der Waals surface area contributed by atoms with E-state index in [1.54, 1.807) is 0 Å². The fraction of sp³-hybridized carbons (Fsp3) is 1.00. The molecule has 0 bridgehead atoms. The third-order valence-electron chi connectivity index (χ3n) is 2.33. The highest BCUT2D eigenvalue weighted by molar-refractivity contribution is 7.52. The molecule has 2 N–H and O–H groups in total. The zero-order chi connectivity index (χ0) is 13.7. The number of hydrogen-bond donors (Lipinski definition) is 2. The van der Waals surface area contributed by atoms with Crippen LogP contribution < -0.4 is 17.2 Å². The van der Waals surface area contributed by atoms with E-state index in [2.05, 4.69) is 4.84 Å². The first-order chi connectivity index (χ1) is 7.47. The maximum atomic E-state index is 11.7. The van der Waals surface area contributed by atoms with Gasteiger partial charge in [0.25, 0.3) is 0 Å². The van der Waals surface area contributed by atoms with Crippen LogP contribution in [0.1, 0.15) is 20.3 Å². The first-order valence-electron chi connectivity index (χ1n) is 5.62. The van der Waals surface area contributed by atoms with Gasteiger partial charge < -0.3 is 26.3 Å². The lowest BCUT2D eigenvalue weighted by atomic mass is 10.0. The van der Waals surface area contributed by atoms with Crippen LogP contribution in [0.2, 0.25) is 0 Å². The van der Waals surface area contributed by atoms with E-state index in [-0.39, 0.29) is 30.7 Å². The second-order valence-corrected chi connectivity index (χ2v) is 8.11. The molecule has 0 aromatic heterocycles. The summed E-state index contributed by atoms with van der Waals surface area (Å²) in [7, 11) is 2.52. The molecule has 0 radical (unpaired) electrons. The van der Waals surface area contributed by atoms with Crippen molar-refractivity contribution < 1.29 is 30.9 Å². The molecule has 0 saturated heterocycles. The molecule has 0 amide bonds. The number of quaternary nitrogens is 1. The minimum absolute atomic E-state index is 0. The average Bonchev–Trinajstić information content (AvgIpc) is 2.13. The standard InChI is InChI=1S/C10H24ClN2O3P.ClH/c1-10(2,12-11)6-9-17(14,15)16-8-7-13(3,4)5;/h12H,6-9H2,1-5H3;1H. The zero-order valence-electron chi connectivity index (χ0n) is 11.7. The summed E-state index contributed by atoms with van der Waals surface area (Å²) < 4.78 is 17.5. The van der Waals surface area contributed by atoms with Gasteiger partial charge in [-0.15, -0.1) is 0 Å². The Balaban J connectivity index is 0. The highest BCUT2D eigenvalue weighted by Crippen LogP contribution is 2.43. The molecule has 5 nitrogen and oxygen atoms in total. The van der Waals surface area contributed by atoms with Gasteiger partial charge in [-0.25, -0.2) is 4.84 Å². The number of hydrogen-bond acceptors (Lipinski definition) is 3. The second kappa shape index (κ2) is 8.05. The molecule has 8 heteroatoms. The Labute approximate surface area is 121 Å². The Morgan fingerprint density at radius 3 is 2.28 bits per heavy atom. The molecule has 0 fully saturated rings. The molecular formula is C10H25Cl2N2O3P. The van der Waals surface area contributed by atoms with E-state index in [4.69, 9.17) is 16.3 Å². The summed E-state index contributed by atoms with van der Waals surface area (Å²) in [4.78, 5) is 12.2. The van der Waals surface area contributed by atoms with E-state index >= 15 is 0 Å². The van der Waals surface area contributed by atoms with Crippen LogP contribution in [0.5, 0.6) is 0 Å². The Morgan fingerprint density at radius 2 is 1.89 bits per heavy atom. The average molecular weight is 323 g/mol. The van der Waals surface area contributed by atoms with Gasteiger partial charge >= 0.3 is 7.60 Å². The topological polar surface area (TPSA) is 58.6 Å². The number of likely N-dealkylation sites (N-methyl/N-ethyl adjacent to an activating group) is 1. The van der Waals surface area contributed by atoms with Crippen LogP contribution in [-0.2, 0) is 9.09 Å². The summed E-state index contributed by atoms with van der Waals surface area (Å²) in [6.45, 7) is 4.71. The molecule has 0 aliphatic rings. The first-order valence-corrected chi connectivity index (χ1v) is 7.76. The lowest BCUT2D eigenvalue weighted by molar-refractivity contribution is -0.870. The van der Waals surface area contributed by atoms with Crippen LogP contribution in [0, 0.1) is 0 Å². The molecule has 0 aromatic carbocycles. The van der Waals surface area contributed by atoms with Crippen molar-refractivity contribution in [2.45, 2.75) is 25.8 Å². The van der Waals surface area contributed by atoms with Crippen molar-refractivity contribution in [3.8, 4) is 0 Å². The highest BCUT2D eigenvalue weighted by Gasteiger charge is 2.25. The minimum Gasteiger partial charge on any atom is -1.00 e. The zero-order valence-corrected chi connectivity index (χ0v) is 14.1. The fourth-order valence-corrected chi connectivity index (χ4v) is 2.42. The summed E-state index contributed by atoms with van der Waals surface area (Å²) in [5.41, 5.74) is -0.372. The van der Waals surface area contributed by atoms with Crippen molar-refractivity contribution in [3.05, 3.63) is 0 Å². The van der Waals surface area contributed by atoms with Gasteiger partial charge in [0.15, 0.2) is 0 Å². The van der Waals surface area contributed by atoms with Crippen molar-refractivity contribution in [2.75, 3.05) is 40.5 Å². The van der Waals surface area contributed by atoms with Crippen LogP contribution in [0.3, 0.4) is 0 Å². The Morgan fingerprint density at radius 1 is 1.39 bits per heavy atom. The molecule has 0 spiro atoms. The van der Waals surface area contributed by atoms with E-state index in [0.29, 0.717) is 17.4 Å². The Hall–Kier alpha value is 0.650. The smallest absolute Gasteiger partial charge is 0.328 e. The van der Waals surface area contributed by atoms with E-state index in [1.807, 2.05) is 35.0 Å². The second-order valence-electron chi connectivity index (χ2n) is 5.94. The van der Waals surface area contributed by atoms with Gasteiger partial charge in [-0.2, -0.15) is 0 Å². The number of halogens is 2. The maximum absolute atomic E-state index is 11.7.